The fourth-order valence-electron chi connectivity index (χ4n) is 3.97. The molecule has 7 heteroatoms. The summed E-state index contributed by atoms with van der Waals surface area (Å²) in [6.45, 7) is 6.49. The third kappa shape index (κ3) is 4.19. The second-order valence-corrected chi connectivity index (χ2v) is 9.21. The van der Waals surface area contributed by atoms with E-state index >= 15 is 0 Å². The summed E-state index contributed by atoms with van der Waals surface area (Å²) in [4.78, 5) is 20.6. The van der Waals surface area contributed by atoms with Gasteiger partial charge in [-0.15, -0.1) is 11.3 Å². The highest BCUT2D eigenvalue weighted by Crippen LogP contribution is 2.38. The molecule has 2 aromatic heterocycles. The van der Waals surface area contributed by atoms with E-state index in [1.165, 1.54) is 5.56 Å². The van der Waals surface area contributed by atoms with E-state index in [-0.39, 0.29) is 12.1 Å². The molecule has 5 rings (SSSR count). The summed E-state index contributed by atoms with van der Waals surface area (Å²) in [5, 5.41) is 9.35. The average molecular weight is 457 g/mol. The van der Waals surface area contributed by atoms with E-state index in [1.807, 2.05) is 74.7 Å². The second-order valence-electron chi connectivity index (χ2n) is 8.26. The van der Waals surface area contributed by atoms with E-state index in [2.05, 4.69) is 22.6 Å². The van der Waals surface area contributed by atoms with Crippen molar-refractivity contribution >= 4 is 22.9 Å². The van der Waals surface area contributed by atoms with Crippen molar-refractivity contribution in [3.8, 4) is 10.7 Å². The van der Waals surface area contributed by atoms with Crippen LogP contribution in [-0.2, 0) is 6.54 Å². The number of hydrogen-bond acceptors (Lipinski definition) is 5. The Bertz CT molecular complexity index is 1310. The predicted octanol–water partition coefficient (Wildman–Crippen LogP) is 6.11. The molecular formula is C26H24N4O2S. The number of benzene rings is 2. The molecule has 4 aromatic rings. The van der Waals surface area contributed by atoms with Crippen molar-refractivity contribution in [3.05, 3.63) is 99.9 Å². The minimum absolute atomic E-state index is 0.152. The lowest BCUT2D eigenvalue weighted by atomic mass is 9.94. The zero-order valence-corrected chi connectivity index (χ0v) is 19.5. The first-order chi connectivity index (χ1) is 16.0. The molecule has 0 radical (unpaired) electrons. The summed E-state index contributed by atoms with van der Waals surface area (Å²) >= 11 is 1.56. The van der Waals surface area contributed by atoms with Gasteiger partial charge in [0, 0.05) is 5.70 Å². The molecule has 33 heavy (non-hydrogen) atoms. The van der Waals surface area contributed by atoms with Gasteiger partial charge in [0.1, 0.15) is 0 Å². The highest BCUT2D eigenvalue weighted by molar-refractivity contribution is 7.13. The molecule has 0 aliphatic carbocycles. The van der Waals surface area contributed by atoms with Gasteiger partial charge in [-0.2, -0.15) is 4.98 Å². The smallest absolute Gasteiger partial charge is 0.322 e. The number of urea groups is 1. The molecule has 0 saturated carbocycles. The van der Waals surface area contributed by atoms with Crippen LogP contribution in [0.15, 0.2) is 76.3 Å². The number of hydrogen-bond donors (Lipinski definition) is 1. The molecule has 2 amide bonds. The normalized spacial score (nSPS) is 16.3. The third-order valence-electron chi connectivity index (χ3n) is 5.87. The zero-order chi connectivity index (χ0) is 22.9. The number of aryl methyl sites for hydroxylation is 2. The van der Waals surface area contributed by atoms with Crippen LogP contribution < -0.4 is 5.32 Å². The largest absolute Gasteiger partial charge is 0.334 e. The number of rotatable bonds is 5. The quantitative estimate of drug-likeness (QED) is 0.393. The summed E-state index contributed by atoms with van der Waals surface area (Å²) in [6, 6.07) is 19.7. The van der Waals surface area contributed by atoms with Gasteiger partial charge in [0.2, 0.25) is 5.82 Å². The number of aromatic nitrogens is 2. The highest BCUT2D eigenvalue weighted by Gasteiger charge is 2.35. The van der Waals surface area contributed by atoms with Gasteiger partial charge < -0.3 is 9.84 Å². The number of carbonyl (C=O) groups is 1. The van der Waals surface area contributed by atoms with Crippen LogP contribution in [0.3, 0.4) is 0 Å². The van der Waals surface area contributed by atoms with Crippen LogP contribution in [-0.4, -0.2) is 21.1 Å². The summed E-state index contributed by atoms with van der Waals surface area (Å²) < 4.78 is 5.73. The van der Waals surface area contributed by atoms with Crippen molar-refractivity contribution in [1.29, 1.82) is 0 Å². The Morgan fingerprint density at radius 2 is 1.70 bits per heavy atom. The van der Waals surface area contributed by atoms with Crippen molar-refractivity contribution in [1.82, 2.24) is 20.4 Å². The van der Waals surface area contributed by atoms with E-state index in [4.69, 9.17) is 9.51 Å². The molecular weight excluding hydrogens is 432 g/mol. The van der Waals surface area contributed by atoms with Crippen molar-refractivity contribution in [2.75, 3.05) is 0 Å². The Hall–Kier alpha value is -3.71. The van der Waals surface area contributed by atoms with E-state index in [1.54, 1.807) is 16.2 Å². The molecule has 1 aliphatic heterocycles. The van der Waals surface area contributed by atoms with Crippen LogP contribution >= 0.6 is 11.3 Å². The first-order valence-corrected chi connectivity index (χ1v) is 11.7. The van der Waals surface area contributed by atoms with Gasteiger partial charge in [0.05, 0.1) is 23.0 Å². The van der Waals surface area contributed by atoms with Gasteiger partial charge in [0.25, 0.3) is 5.89 Å². The first-order valence-electron chi connectivity index (χ1n) is 10.8. The summed E-state index contributed by atoms with van der Waals surface area (Å²) in [7, 11) is 0. The topological polar surface area (TPSA) is 71.3 Å². The lowest BCUT2D eigenvalue weighted by Gasteiger charge is -2.35. The van der Waals surface area contributed by atoms with Gasteiger partial charge in [-0.05, 0) is 43.3 Å². The molecule has 1 atom stereocenters. The summed E-state index contributed by atoms with van der Waals surface area (Å²) in [5.74, 6) is 0.959. The average Bonchev–Trinajstić information content (AvgIpc) is 3.50. The lowest BCUT2D eigenvalue weighted by Crippen LogP contribution is -2.45. The van der Waals surface area contributed by atoms with Gasteiger partial charge in [0.15, 0.2) is 0 Å². The molecule has 6 nitrogen and oxygen atoms in total. The molecule has 0 fully saturated rings. The number of allylic oxidation sites excluding steroid dienone is 1. The molecule has 2 aromatic carbocycles. The maximum atomic E-state index is 13.2. The van der Waals surface area contributed by atoms with Crippen molar-refractivity contribution in [3.63, 3.8) is 0 Å². The molecule has 0 saturated heterocycles. The number of nitrogens with one attached hydrogen (secondary N) is 1. The van der Waals surface area contributed by atoms with Crippen LogP contribution in [0.25, 0.3) is 16.3 Å². The molecule has 0 bridgehead atoms. The van der Waals surface area contributed by atoms with Crippen LogP contribution in [0.1, 0.15) is 41.1 Å². The minimum atomic E-state index is -0.385. The van der Waals surface area contributed by atoms with Gasteiger partial charge >= 0.3 is 6.03 Å². The number of nitrogens with zero attached hydrogens (tertiary/aromatic N) is 3. The zero-order valence-electron chi connectivity index (χ0n) is 18.7. The van der Waals surface area contributed by atoms with Crippen LogP contribution in [0, 0.1) is 13.8 Å². The predicted molar refractivity (Wildman–Crippen MR) is 129 cm³/mol. The maximum Gasteiger partial charge on any atom is 0.322 e. The standard InChI is InChI=1S/C26H24N4O2S/c1-16-6-10-19(11-7-16)15-30-18(3)22(25-28-24(29-32-25)21-5-4-14-33-21)23(27-26(30)31)20-12-8-17(2)9-13-20/h4-14,23H,15H2,1-3H3,(H,27,31). The maximum absolute atomic E-state index is 13.2. The Morgan fingerprint density at radius 1 is 1.00 bits per heavy atom. The van der Waals surface area contributed by atoms with Crippen LogP contribution in [0.2, 0.25) is 0 Å². The molecule has 3 heterocycles. The molecule has 0 spiro atoms. The Kier molecular flexibility index (Phi) is 5.56. The van der Waals surface area contributed by atoms with E-state index in [0.717, 1.165) is 32.8 Å². The lowest BCUT2D eigenvalue weighted by molar-refractivity contribution is 0.203. The SMILES string of the molecule is CC1=C(c2nc(-c3cccs3)no2)C(c2ccc(C)cc2)NC(=O)N1Cc1ccc(C)cc1. The van der Waals surface area contributed by atoms with Gasteiger partial charge in [-0.1, -0.05) is 70.9 Å². The molecule has 1 unspecified atom stereocenters. The fourth-order valence-corrected chi connectivity index (χ4v) is 4.62. The number of thiophene rings is 1. The third-order valence-corrected chi connectivity index (χ3v) is 6.73. The first kappa shape index (κ1) is 21.2. The van der Waals surface area contributed by atoms with E-state index < -0.39 is 0 Å². The van der Waals surface area contributed by atoms with Crippen molar-refractivity contribution in [2.24, 2.45) is 0 Å². The number of amides is 2. The fraction of sp³-hybridized carbons (Fsp3) is 0.192. The molecule has 166 valence electrons. The van der Waals surface area contributed by atoms with Crippen LogP contribution in [0.5, 0.6) is 0 Å². The van der Waals surface area contributed by atoms with Gasteiger partial charge in [-0.3, -0.25) is 4.90 Å². The van der Waals surface area contributed by atoms with E-state index in [0.29, 0.717) is 18.3 Å². The molecule has 1 aliphatic rings. The Morgan fingerprint density at radius 3 is 2.36 bits per heavy atom. The Labute approximate surface area is 196 Å². The Balaban J connectivity index is 1.59. The second kappa shape index (κ2) is 8.67. The van der Waals surface area contributed by atoms with Gasteiger partial charge in [-0.25, -0.2) is 4.79 Å². The van der Waals surface area contributed by atoms with Crippen LogP contribution in [0.4, 0.5) is 4.79 Å². The summed E-state index contributed by atoms with van der Waals surface area (Å²) in [5.41, 5.74) is 5.96. The summed E-state index contributed by atoms with van der Waals surface area (Å²) in [6.07, 6.45) is 0. The van der Waals surface area contributed by atoms with Crippen molar-refractivity contribution in [2.45, 2.75) is 33.4 Å². The van der Waals surface area contributed by atoms with E-state index in [9.17, 15) is 4.79 Å². The highest BCUT2D eigenvalue weighted by atomic mass is 32.1. The minimum Gasteiger partial charge on any atom is -0.334 e. The van der Waals surface area contributed by atoms with Crippen molar-refractivity contribution < 1.29 is 9.32 Å². The monoisotopic (exact) mass is 456 g/mol. The number of carbonyl (C=O) groups excluding carboxylic acids is 1. The molecule has 1 N–H and O–H groups in total.